The molecule has 0 aliphatic rings. The minimum absolute atomic E-state index is 0.110. The lowest BCUT2D eigenvalue weighted by Crippen LogP contribution is -2.14. The largest absolute Gasteiger partial charge is 0.322 e. The summed E-state index contributed by atoms with van der Waals surface area (Å²) in [7, 11) is 0. The molecule has 0 fully saturated rings. The molecule has 0 amide bonds. The Hall–Kier alpha value is -1.38. The number of benzene rings is 1. The molecule has 2 aromatic rings. The van der Waals surface area contributed by atoms with E-state index in [1.54, 1.807) is 6.07 Å². The van der Waals surface area contributed by atoms with E-state index < -0.39 is 0 Å². The highest BCUT2D eigenvalue weighted by Gasteiger charge is 2.08. The Balaban J connectivity index is 0.000000771. The first-order valence-electron chi connectivity index (χ1n) is 6.17. The molecular formula is C15H19ClN2. The summed E-state index contributed by atoms with van der Waals surface area (Å²) in [5, 5.41) is 0.487. The summed E-state index contributed by atoms with van der Waals surface area (Å²) in [5.74, 6) is 0. The first kappa shape index (κ1) is 14.7. The average Bonchev–Trinajstić information content (AvgIpc) is 2.42. The van der Waals surface area contributed by atoms with Crippen molar-refractivity contribution in [3.05, 3.63) is 64.9 Å². The minimum atomic E-state index is -0.110. The van der Waals surface area contributed by atoms with Crippen molar-refractivity contribution in [2.75, 3.05) is 0 Å². The second-order valence-electron chi connectivity index (χ2n) is 3.68. The van der Waals surface area contributed by atoms with E-state index in [9.17, 15) is 0 Å². The predicted octanol–water partition coefficient (Wildman–Crippen LogP) is 4.00. The van der Waals surface area contributed by atoms with Crippen LogP contribution in [0.2, 0.25) is 5.15 Å². The molecule has 1 heterocycles. The monoisotopic (exact) mass is 262 g/mol. The van der Waals surface area contributed by atoms with Gasteiger partial charge in [0.05, 0.1) is 11.7 Å². The Morgan fingerprint density at radius 3 is 2.33 bits per heavy atom. The van der Waals surface area contributed by atoms with Gasteiger partial charge >= 0.3 is 0 Å². The fraction of sp³-hybridized carbons (Fsp3) is 0.267. The van der Waals surface area contributed by atoms with E-state index in [2.05, 4.69) is 17.1 Å². The minimum Gasteiger partial charge on any atom is -0.322 e. The number of halogens is 1. The third-order valence-corrected chi connectivity index (χ3v) is 2.63. The van der Waals surface area contributed by atoms with Crippen LogP contribution in [0.1, 0.15) is 31.1 Å². The Kier molecular flexibility index (Phi) is 6.40. The molecule has 0 saturated carbocycles. The first-order chi connectivity index (χ1) is 8.75. The summed E-state index contributed by atoms with van der Waals surface area (Å²) in [6, 6.07) is 15.5. The SMILES string of the molecule is CC.NC(Cc1ccccc1)c1cccc(Cl)n1. The van der Waals surface area contributed by atoms with Crippen molar-refractivity contribution in [3.63, 3.8) is 0 Å². The molecule has 2 N–H and O–H groups in total. The van der Waals surface area contributed by atoms with Crippen molar-refractivity contribution in [2.45, 2.75) is 26.3 Å². The van der Waals surface area contributed by atoms with Gasteiger partial charge in [0.2, 0.25) is 0 Å². The highest BCUT2D eigenvalue weighted by molar-refractivity contribution is 6.29. The van der Waals surface area contributed by atoms with Crippen LogP contribution in [0.5, 0.6) is 0 Å². The zero-order valence-corrected chi connectivity index (χ0v) is 11.6. The molecule has 2 rings (SSSR count). The number of nitrogens with zero attached hydrogens (tertiary/aromatic N) is 1. The average molecular weight is 263 g/mol. The van der Waals surface area contributed by atoms with Gasteiger partial charge in [-0.15, -0.1) is 0 Å². The normalized spacial score (nSPS) is 11.3. The van der Waals surface area contributed by atoms with Crippen LogP contribution in [0.25, 0.3) is 0 Å². The summed E-state index contributed by atoms with van der Waals surface area (Å²) in [5.41, 5.74) is 8.11. The number of pyridine rings is 1. The number of hydrogen-bond donors (Lipinski definition) is 1. The smallest absolute Gasteiger partial charge is 0.129 e. The third kappa shape index (κ3) is 4.47. The van der Waals surface area contributed by atoms with E-state index in [4.69, 9.17) is 17.3 Å². The summed E-state index contributed by atoms with van der Waals surface area (Å²) in [4.78, 5) is 4.21. The maximum absolute atomic E-state index is 6.07. The van der Waals surface area contributed by atoms with Gasteiger partial charge in [-0.1, -0.05) is 61.8 Å². The number of nitrogens with two attached hydrogens (primary N) is 1. The number of rotatable bonds is 3. The highest BCUT2D eigenvalue weighted by Crippen LogP contribution is 2.15. The second-order valence-corrected chi connectivity index (χ2v) is 4.07. The van der Waals surface area contributed by atoms with E-state index in [1.807, 2.05) is 44.2 Å². The van der Waals surface area contributed by atoms with Gasteiger partial charge in [0.1, 0.15) is 5.15 Å². The summed E-state index contributed by atoms with van der Waals surface area (Å²) >= 11 is 5.83. The Morgan fingerprint density at radius 2 is 1.72 bits per heavy atom. The maximum Gasteiger partial charge on any atom is 0.129 e. The van der Waals surface area contributed by atoms with Gasteiger partial charge in [-0.2, -0.15) is 0 Å². The van der Waals surface area contributed by atoms with E-state index in [0.717, 1.165) is 12.1 Å². The van der Waals surface area contributed by atoms with Gasteiger partial charge in [0, 0.05) is 0 Å². The molecule has 0 aliphatic carbocycles. The summed E-state index contributed by atoms with van der Waals surface area (Å²) < 4.78 is 0. The molecule has 1 unspecified atom stereocenters. The van der Waals surface area contributed by atoms with Gasteiger partial charge in [-0.05, 0) is 24.1 Å². The standard InChI is InChI=1S/C13H13ClN2.C2H6/c14-13-8-4-7-12(16-13)11(15)9-10-5-2-1-3-6-10;1-2/h1-8,11H,9,15H2;1-2H3. The summed E-state index contributed by atoms with van der Waals surface area (Å²) in [6.07, 6.45) is 0.772. The number of aromatic nitrogens is 1. The lowest BCUT2D eigenvalue weighted by molar-refractivity contribution is 0.696. The topological polar surface area (TPSA) is 38.9 Å². The highest BCUT2D eigenvalue weighted by atomic mass is 35.5. The molecule has 1 aromatic heterocycles. The van der Waals surface area contributed by atoms with Crippen LogP contribution in [-0.2, 0) is 6.42 Å². The fourth-order valence-electron chi connectivity index (χ4n) is 1.60. The van der Waals surface area contributed by atoms with Crippen LogP contribution >= 0.6 is 11.6 Å². The quantitative estimate of drug-likeness (QED) is 0.849. The van der Waals surface area contributed by atoms with Crippen molar-refractivity contribution in [3.8, 4) is 0 Å². The molecule has 96 valence electrons. The van der Waals surface area contributed by atoms with Crippen molar-refractivity contribution in [1.82, 2.24) is 4.98 Å². The predicted molar refractivity (Wildman–Crippen MR) is 77.7 cm³/mol. The van der Waals surface area contributed by atoms with E-state index >= 15 is 0 Å². The van der Waals surface area contributed by atoms with Crippen molar-refractivity contribution >= 4 is 11.6 Å². The van der Waals surface area contributed by atoms with Gasteiger partial charge in [-0.3, -0.25) is 0 Å². The van der Waals surface area contributed by atoms with Crippen LogP contribution in [0, 0.1) is 0 Å². The molecule has 0 spiro atoms. The van der Waals surface area contributed by atoms with Gasteiger partial charge in [-0.25, -0.2) is 4.98 Å². The molecule has 1 atom stereocenters. The molecule has 0 radical (unpaired) electrons. The molecular weight excluding hydrogens is 244 g/mol. The van der Waals surface area contributed by atoms with Crippen molar-refractivity contribution in [2.24, 2.45) is 5.73 Å². The molecule has 2 nitrogen and oxygen atoms in total. The fourth-order valence-corrected chi connectivity index (χ4v) is 1.77. The number of hydrogen-bond acceptors (Lipinski definition) is 2. The maximum atomic E-state index is 6.07. The third-order valence-electron chi connectivity index (χ3n) is 2.41. The molecule has 0 bridgehead atoms. The van der Waals surface area contributed by atoms with E-state index in [0.29, 0.717) is 5.15 Å². The Labute approximate surface area is 114 Å². The van der Waals surface area contributed by atoms with E-state index in [1.165, 1.54) is 5.56 Å². The zero-order valence-electron chi connectivity index (χ0n) is 10.8. The Bertz CT molecular complexity index is 457. The summed E-state index contributed by atoms with van der Waals surface area (Å²) in [6.45, 7) is 4.00. The van der Waals surface area contributed by atoms with Gasteiger partial charge in [0.25, 0.3) is 0 Å². The van der Waals surface area contributed by atoms with Crippen molar-refractivity contribution < 1.29 is 0 Å². The Morgan fingerprint density at radius 1 is 1.06 bits per heavy atom. The van der Waals surface area contributed by atoms with Crippen LogP contribution in [0.4, 0.5) is 0 Å². The zero-order chi connectivity index (χ0) is 13.4. The second kappa shape index (κ2) is 7.85. The molecule has 1 aromatic carbocycles. The van der Waals surface area contributed by atoms with Gasteiger partial charge < -0.3 is 5.73 Å². The molecule has 18 heavy (non-hydrogen) atoms. The molecule has 3 heteroatoms. The first-order valence-corrected chi connectivity index (χ1v) is 6.55. The van der Waals surface area contributed by atoms with Gasteiger partial charge in [0.15, 0.2) is 0 Å². The van der Waals surface area contributed by atoms with Crippen LogP contribution in [0.3, 0.4) is 0 Å². The van der Waals surface area contributed by atoms with Crippen LogP contribution < -0.4 is 5.73 Å². The van der Waals surface area contributed by atoms with Crippen LogP contribution in [0.15, 0.2) is 48.5 Å². The van der Waals surface area contributed by atoms with Crippen LogP contribution in [-0.4, -0.2) is 4.98 Å². The lowest BCUT2D eigenvalue weighted by atomic mass is 10.0. The van der Waals surface area contributed by atoms with Crippen molar-refractivity contribution in [1.29, 1.82) is 0 Å². The molecule has 0 saturated heterocycles. The molecule has 0 aliphatic heterocycles. The lowest BCUT2D eigenvalue weighted by Gasteiger charge is -2.11. The van der Waals surface area contributed by atoms with E-state index in [-0.39, 0.29) is 6.04 Å².